The summed E-state index contributed by atoms with van der Waals surface area (Å²) in [7, 11) is 0. The van der Waals surface area contributed by atoms with E-state index in [0.717, 1.165) is 12.8 Å². The molecule has 2 unspecified atom stereocenters. The topological polar surface area (TPSA) is 17.1 Å². The molecule has 0 amide bonds. The average molecular weight is 294 g/mol. The first-order valence-electron chi connectivity index (χ1n) is 9.08. The molecule has 2 saturated carbocycles. The van der Waals surface area contributed by atoms with Crippen molar-refractivity contribution in [3.63, 3.8) is 0 Å². The van der Waals surface area contributed by atoms with Crippen LogP contribution in [0.4, 0.5) is 0 Å². The smallest absolute Gasteiger partial charge is 0.142 e. The molecule has 0 aromatic heterocycles. The number of ketones is 1. The van der Waals surface area contributed by atoms with E-state index in [4.69, 9.17) is 0 Å². The van der Waals surface area contributed by atoms with Crippen LogP contribution in [-0.4, -0.2) is 5.78 Å². The summed E-state index contributed by atoms with van der Waals surface area (Å²) in [6, 6.07) is 0. The van der Waals surface area contributed by atoms with Crippen LogP contribution < -0.4 is 0 Å². The van der Waals surface area contributed by atoms with Crippen LogP contribution in [0.15, 0.2) is 34.9 Å². The molecular formula is C21H26O. The summed E-state index contributed by atoms with van der Waals surface area (Å²) in [5, 5.41) is 0. The van der Waals surface area contributed by atoms with Crippen molar-refractivity contribution in [1.82, 2.24) is 0 Å². The van der Waals surface area contributed by atoms with Crippen LogP contribution in [0, 0.1) is 34.5 Å². The highest BCUT2D eigenvalue weighted by Crippen LogP contribution is 2.70. The van der Waals surface area contributed by atoms with E-state index in [1.165, 1.54) is 24.8 Å². The number of allylic oxidation sites excluding steroid dienone is 6. The number of hydrogen-bond donors (Lipinski definition) is 0. The highest BCUT2D eigenvalue weighted by atomic mass is 16.1. The fraction of sp³-hybridized carbons (Fsp3) is 0.667. The van der Waals surface area contributed by atoms with Crippen molar-refractivity contribution >= 4 is 5.78 Å². The Morgan fingerprint density at radius 3 is 2.82 bits per heavy atom. The zero-order chi connectivity index (χ0) is 15.3. The van der Waals surface area contributed by atoms with Gasteiger partial charge in [-0.3, -0.25) is 4.79 Å². The second-order valence-corrected chi connectivity index (χ2v) is 9.00. The minimum atomic E-state index is -0.0378. The maximum absolute atomic E-state index is 12.7. The van der Waals surface area contributed by atoms with Crippen LogP contribution in [0.25, 0.3) is 0 Å². The number of carbonyl (C=O) groups excluding carboxylic acids is 1. The fourth-order valence-corrected chi connectivity index (χ4v) is 6.46. The number of Topliss-reactive ketones (excluding diaryl/α,β-unsaturated/α-hetero) is 1. The Hall–Kier alpha value is -1.11. The van der Waals surface area contributed by atoms with Crippen molar-refractivity contribution in [2.45, 2.75) is 52.9 Å². The molecule has 1 heteroatoms. The van der Waals surface area contributed by atoms with E-state index in [0.29, 0.717) is 29.5 Å². The van der Waals surface area contributed by atoms with Crippen LogP contribution in [0.5, 0.6) is 0 Å². The van der Waals surface area contributed by atoms with Crippen LogP contribution in [0.3, 0.4) is 0 Å². The minimum Gasteiger partial charge on any atom is -0.299 e. The lowest BCUT2D eigenvalue weighted by atomic mass is 9.52. The molecule has 116 valence electrons. The summed E-state index contributed by atoms with van der Waals surface area (Å²) in [5.74, 6) is 3.00. The molecule has 5 aliphatic carbocycles. The van der Waals surface area contributed by atoms with Crippen molar-refractivity contribution < 1.29 is 4.79 Å². The van der Waals surface area contributed by atoms with Crippen LogP contribution in [-0.2, 0) is 4.79 Å². The van der Waals surface area contributed by atoms with E-state index in [2.05, 4.69) is 39.0 Å². The van der Waals surface area contributed by atoms with E-state index in [1.54, 1.807) is 11.1 Å². The maximum Gasteiger partial charge on any atom is 0.142 e. The van der Waals surface area contributed by atoms with E-state index in [1.807, 2.05) is 0 Å². The summed E-state index contributed by atoms with van der Waals surface area (Å²) in [4.78, 5) is 12.7. The number of carbonyl (C=O) groups is 1. The van der Waals surface area contributed by atoms with E-state index < -0.39 is 0 Å². The molecule has 0 aromatic carbocycles. The summed E-state index contributed by atoms with van der Waals surface area (Å²) in [5.41, 5.74) is 4.99. The van der Waals surface area contributed by atoms with Gasteiger partial charge < -0.3 is 0 Å². The molecule has 0 N–H and O–H groups in total. The molecule has 0 radical (unpaired) electrons. The Morgan fingerprint density at radius 2 is 2.00 bits per heavy atom. The Bertz CT molecular complexity index is 678. The molecule has 0 heterocycles. The summed E-state index contributed by atoms with van der Waals surface area (Å²) < 4.78 is 0. The van der Waals surface area contributed by atoms with Gasteiger partial charge in [-0.15, -0.1) is 0 Å². The molecule has 5 rings (SSSR count). The molecule has 2 fully saturated rings. The molecular weight excluding hydrogens is 268 g/mol. The van der Waals surface area contributed by atoms with Gasteiger partial charge in [-0.1, -0.05) is 43.2 Å². The van der Waals surface area contributed by atoms with Crippen LogP contribution in [0.1, 0.15) is 52.9 Å². The van der Waals surface area contributed by atoms with Gasteiger partial charge in [0.25, 0.3) is 0 Å². The lowest BCUT2D eigenvalue weighted by Gasteiger charge is -2.51. The van der Waals surface area contributed by atoms with Gasteiger partial charge >= 0.3 is 0 Å². The standard InChI is InChI=1S/C21H26O/c1-12-6-8-20(2)13(10-12)4-5-14-17(20)7-9-21(3)18(14)15-11-16(15)19(21)22/h4,7,10,14-16,18H,5-6,8-9,11H2,1-3H3/t14?,15-,16+,18?,20+,21+/m1/s1. The third-order valence-electron chi connectivity index (χ3n) is 7.80. The number of rotatable bonds is 0. The molecule has 5 aliphatic rings. The normalized spacial score (nSPS) is 51.8. The molecule has 0 aromatic rings. The first kappa shape index (κ1) is 13.3. The molecule has 22 heavy (non-hydrogen) atoms. The summed E-state index contributed by atoms with van der Waals surface area (Å²) in [6.45, 7) is 7.00. The summed E-state index contributed by atoms with van der Waals surface area (Å²) >= 11 is 0. The van der Waals surface area contributed by atoms with Gasteiger partial charge in [-0.25, -0.2) is 0 Å². The highest BCUT2D eigenvalue weighted by molar-refractivity contribution is 5.93. The second kappa shape index (κ2) is 3.86. The first-order valence-corrected chi connectivity index (χ1v) is 9.08. The van der Waals surface area contributed by atoms with Crippen molar-refractivity contribution in [3.8, 4) is 0 Å². The van der Waals surface area contributed by atoms with Gasteiger partial charge in [0.1, 0.15) is 5.78 Å². The summed E-state index contributed by atoms with van der Waals surface area (Å²) in [6.07, 6.45) is 13.3. The second-order valence-electron chi connectivity index (χ2n) is 9.00. The zero-order valence-corrected chi connectivity index (χ0v) is 14.0. The third kappa shape index (κ3) is 1.39. The van der Waals surface area contributed by atoms with E-state index >= 15 is 0 Å². The largest absolute Gasteiger partial charge is 0.299 e. The Labute approximate surface area is 133 Å². The Kier molecular flexibility index (Phi) is 2.34. The van der Waals surface area contributed by atoms with Gasteiger partial charge in [0.2, 0.25) is 0 Å². The van der Waals surface area contributed by atoms with Gasteiger partial charge in [0.05, 0.1) is 0 Å². The van der Waals surface area contributed by atoms with Crippen molar-refractivity contribution in [2.24, 2.45) is 34.5 Å². The monoisotopic (exact) mass is 294 g/mol. The molecule has 0 aliphatic heterocycles. The number of hydrogen-bond acceptors (Lipinski definition) is 1. The van der Waals surface area contributed by atoms with Gasteiger partial charge in [0, 0.05) is 16.7 Å². The molecule has 0 saturated heterocycles. The highest BCUT2D eigenvalue weighted by Gasteiger charge is 2.68. The van der Waals surface area contributed by atoms with Crippen molar-refractivity contribution in [3.05, 3.63) is 34.9 Å². The van der Waals surface area contributed by atoms with Gasteiger partial charge in [0.15, 0.2) is 0 Å². The van der Waals surface area contributed by atoms with Gasteiger partial charge in [-0.05, 0) is 62.4 Å². The quantitative estimate of drug-likeness (QED) is 0.584. The molecule has 1 nitrogen and oxygen atoms in total. The van der Waals surface area contributed by atoms with E-state index in [9.17, 15) is 4.79 Å². The fourth-order valence-electron chi connectivity index (χ4n) is 6.46. The van der Waals surface area contributed by atoms with Crippen LogP contribution in [0.2, 0.25) is 0 Å². The Morgan fingerprint density at radius 1 is 1.18 bits per heavy atom. The minimum absolute atomic E-state index is 0.0378. The lowest BCUT2D eigenvalue weighted by molar-refractivity contribution is -0.129. The predicted molar refractivity (Wildman–Crippen MR) is 88.2 cm³/mol. The van der Waals surface area contributed by atoms with Crippen LogP contribution >= 0.6 is 0 Å². The lowest BCUT2D eigenvalue weighted by Crippen LogP contribution is -2.45. The molecule has 0 spiro atoms. The van der Waals surface area contributed by atoms with Crippen molar-refractivity contribution in [1.29, 1.82) is 0 Å². The third-order valence-corrected chi connectivity index (χ3v) is 7.80. The SMILES string of the molecule is CC1=CC2=CCC3C(=CC[C@]4(C)C(=O)[C@H]5C[C@H]5C34)[C@@]2(C)CC1. The predicted octanol–water partition coefficient (Wildman–Crippen LogP) is 4.85. The molecule has 6 atom stereocenters. The maximum atomic E-state index is 12.7. The Balaban J connectivity index is 1.62. The zero-order valence-electron chi connectivity index (χ0n) is 14.0. The number of fused-ring (bicyclic) bond motifs is 7. The van der Waals surface area contributed by atoms with E-state index in [-0.39, 0.29) is 10.8 Å². The van der Waals surface area contributed by atoms with Crippen molar-refractivity contribution in [2.75, 3.05) is 0 Å². The van der Waals surface area contributed by atoms with Gasteiger partial charge in [-0.2, -0.15) is 0 Å². The average Bonchev–Trinajstić information content (AvgIpc) is 3.22. The first-order chi connectivity index (χ1) is 10.4. The molecule has 0 bridgehead atoms.